The molecule has 0 aliphatic heterocycles. The maximum absolute atomic E-state index is 10.9. The predicted octanol–water partition coefficient (Wildman–Crippen LogP) is 4.35. The van der Waals surface area contributed by atoms with Gasteiger partial charge in [0.2, 0.25) is 0 Å². The first-order chi connectivity index (χ1) is 10.2. The molecule has 0 aromatic heterocycles. The molecule has 2 N–H and O–H groups in total. The average Bonchev–Trinajstić information content (AvgIpc) is 2.44. The summed E-state index contributed by atoms with van der Waals surface area (Å²) in [5.74, 6) is 7.80. The van der Waals surface area contributed by atoms with Crippen LogP contribution in [0, 0.1) is 23.2 Å². The fourth-order valence-electron chi connectivity index (χ4n) is 5.95. The van der Waals surface area contributed by atoms with Crippen LogP contribution in [-0.2, 0) is 9.63 Å². The Hall–Kier alpha value is -0.570. The highest BCUT2D eigenvalue weighted by Gasteiger charge is 2.50. The van der Waals surface area contributed by atoms with Gasteiger partial charge in [-0.25, -0.2) is 0 Å². The highest BCUT2D eigenvalue weighted by atomic mass is 16.7. The quantitative estimate of drug-likeness (QED) is 0.534. The molecule has 0 unspecified atom stereocenters. The van der Waals surface area contributed by atoms with Crippen molar-refractivity contribution in [2.45, 2.75) is 83.5 Å². The summed E-state index contributed by atoms with van der Waals surface area (Å²) in [6, 6.07) is 0. The van der Waals surface area contributed by atoms with Crippen LogP contribution in [0.15, 0.2) is 0 Å². The Balaban J connectivity index is 1.30. The van der Waals surface area contributed by atoms with Gasteiger partial charge in [-0.2, -0.15) is 5.90 Å². The van der Waals surface area contributed by atoms with Crippen molar-refractivity contribution in [3.63, 3.8) is 0 Å². The summed E-state index contributed by atoms with van der Waals surface area (Å²) in [6.07, 6.45) is 17.3. The Morgan fingerprint density at radius 3 is 2.00 bits per heavy atom. The average molecular weight is 293 g/mol. The van der Waals surface area contributed by atoms with Crippen molar-refractivity contribution in [1.29, 1.82) is 0 Å². The minimum atomic E-state index is -0.274. The van der Waals surface area contributed by atoms with Crippen LogP contribution in [0.4, 0.5) is 0 Å². The van der Waals surface area contributed by atoms with E-state index in [9.17, 15) is 4.79 Å². The zero-order chi connectivity index (χ0) is 14.7. The second-order valence-electron chi connectivity index (χ2n) is 8.18. The molecule has 0 saturated heterocycles. The number of carbonyl (C=O) groups is 1. The Labute approximate surface area is 128 Å². The van der Waals surface area contributed by atoms with Crippen LogP contribution in [0.1, 0.15) is 83.5 Å². The number of rotatable bonds is 8. The monoisotopic (exact) mass is 293 g/mol. The molecular formula is C18H31NO2. The molecule has 4 bridgehead atoms. The van der Waals surface area contributed by atoms with Crippen LogP contribution >= 0.6 is 0 Å². The molecule has 0 radical (unpaired) electrons. The third kappa shape index (κ3) is 3.80. The summed E-state index contributed by atoms with van der Waals surface area (Å²) in [6.45, 7) is 0. The topological polar surface area (TPSA) is 52.3 Å². The molecule has 0 aromatic carbocycles. The van der Waals surface area contributed by atoms with Gasteiger partial charge in [0, 0.05) is 6.42 Å². The van der Waals surface area contributed by atoms with Crippen LogP contribution in [0.2, 0.25) is 0 Å². The third-order valence-corrected chi connectivity index (χ3v) is 6.38. The number of nitrogens with two attached hydrogens (primary N) is 1. The lowest BCUT2D eigenvalue weighted by atomic mass is 9.48. The smallest absolute Gasteiger partial charge is 0.324 e. The number of hydrogen-bond acceptors (Lipinski definition) is 3. The molecule has 120 valence electrons. The van der Waals surface area contributed by atoms with Gasteiger partial charge < -0.3 is 4.84 Å². The lowest BCUT2D eigenvalue weighted by molar-refractivity contribution is -0.144. The maximum atomic E-state index is 10.9. The van der Waals surface area contributed by atoms with Gasteiger partial charge in [0.1, 0.15) is 0 Å². The number of hydrogen-bond donors (Lipinski definition) is 1. The molecule has 3 heteroatoms. The van der Waals surface area contributed by atoms with E-state index in [0.29, 0.717) is 6.42 Å². The first-order valence-electron chi connectivity index (χ1n) is 9.09. The van der Waals surface area contributed by atoms with Crippen molar-refractivity contribution >= 4 is 5.97 Å². The fourth-order valence-corrected chi connectivity index (χ4v) is 5.95. The van der Waals surface area contributed by atoms with E-state index in [-0.39, 0.29) is 5.97 Å². The van der Waals surface area contributed by atoms with Crippen LogP contribution in [0.3, 0.4) is 0 Å². The molecule has 4 rings (SSSR count). The maximum Gasteiger partial charge on any atom is 0.324 e. The minimum absolute atomic E-state index is 0.274. The van der Waals surface area contributed by atoms with Gasteiger partial charge in [-0.1, -0.05) is 25.7 Å². The summed E-state index contributed by atoms with van der Waals surface area (Å²) >= 11 is 0. The molecule has 0 amide bonds. The minimum Gasteiger partial charge on any atom is -0.373 e. The molecule has 0 spiro atoms. The van der Waals surface area contributed by atoms with Crippen LogP contribution in [0.25, 0.3) is 0 Å². The van der Waals surface area contributed by atoms with E-state index >= 15 is 0 Å². The first-order valence-corrected chi connectivity index (χ1v) is 9.09. The van der Waals surface area contributed by atoms with E-state index in [4.69, 9.17) is 5.90 Å². The second-order valence-corrected chi connectivity index (χ2v) is 8.18. The largest absolute Gasteiger partial charge is 0.373 e. The zero-order valence-electron chi connectivity index (χ0n) is 13.3. The van der Waals surface area contributed by atoms with Gasteiger partial charge in [0.05, 0.1) is 0 Å². The van der Waals surface area contributed by atoms with Crippen LogP contribution < -0.4 is 5.90 Å². The van der Waals surface area contributed by atoms with Gasteiger partial charge in [-0.05, 0) is 74.5 Å². The molecule has 0 atom stereocenters. The molecule has 4 aliphatic carbocycles. The van der Waals surface area contributed by atoms with E-state index < -0.39 is 0 Å². The third-order valence-electron chi connectivity index (χ3n) is 6.38. The summed E-state index contributed by atoms with van der Waals surface area (Å²) in [5.41, 5.74) is 0.748. The second kappa shape index (κ2) is 6.68. The highest BCUT2D eigenvalue weighted by Crippen LogP contribution is 2.61. The van der Waals surface area contributed by atoms with Crippen LogP contribution in [-0.4, -0.2) is 5.97 Å². The van der Waals surface area contributed by atoms with E-state index in [1.54, 1.807) is 38.5 Å². The molecule has 4 fully saturated rings. The van der Waals surface area contributed by atoms with Crippen molar-refractivity contribution in [3.8, 4) is 0 Å². The Morgan fingerprint density at radius 2 is 1.43 bits per heavy atom. The summed E-state index contributed by atoms with van der Waals surface area (Å²) in [4.78, 5) is 15.1. The Bertz CT molecular complexity index is 331. The summed E-state index contributed by atoms with van der Waals surface area (Å²) in [5, 5.41) is 0. The van der Waals surface area contributed by atoms with E-state index in [1.165, 1.54) is 25.7 Å². The molecule has 0 aromatic rings. The molecule has 4 saturated carbocycles. The standard InChI is InChI=1S/C18H31NO2/c19-21-17(20)6-4-2-1-3-5-7-18-11-14-8-15(12-18)10-16(9-14)13-18/h14-16H,1-13,19H2. The molecule has 0 heterocycles. The molecule has 3 nitrogen and oxygen atoms in total. The van der Waals surface area contributed by atoms with Gasteiger partial charge in [0.15, 0.2) is 0 Å². The molecular weight excluding hydrogens is 262 g/mol. The summed E-state index contributed by atoms with van der Waals surface area (Å²) < 4.78 is 0. The lowest BCUT2D eigenvalue weighted by Crippen LogP contribution is -2.45. The van der Waals surface area contributed by atoms with Gasteiger partial charge in [0.25, 0.3) is 0 Å². The SMILES string of the molecule is NOC(=O)CCCCCCCC12CC3CC(CC(C3)C1)C2. The predicted molar refractivity (Wildman–Crippen MR) is 83.2 cm³/mol. The van der Waals surface area contributed by atoms with Crippen molar-refractivity contribution in [3.05, 3.63) is 0 Å². The van der Waals surface area contributed by atoms with Crippen LogP contribution in [0.5, 0.6) is 0 Å². The Kier molecular flexibility index (Phi) is 4.88. The van der Waals surface area contributed by atoms with Crippen molar-refractivity contribution < 1.29 is 9.63 Å². The normalized spacial score (nSPS) is 36.9. The lowest BCUT2D eigenvalue weighted by Gasteiger charge is -2.57. The van der Waals surface area contributed by atoms with E-state index in [0.717, 1.165) is 36.0 Å². The van der Waals surface area contributed by atoms with Crippen molar-refractivity contribution in [1.82, 2.24) is 0 Å². The Morgan fingerprint density at radius 1 is 0.905 bits per heavy atom. The number of unbranched alkanes of at least 4 members (excludes halogenated alkanes) is 4. The van der Waals surface area contributed by atoms with Gasteiger partial charge >= 0.3 is 5.97 Å². The van der Waals surface area contributed by atoms with Crippen molar-refractivity contribution in [2.24, 2.45) is 29.1 Å². The highest BCUT2D eigenvalue weighted by molar-refractivity contribution is 5.68. The molecule has 4 aliphatic rings. The van der Waals surface area contributed by atoms with E-state index in [1.807, 2.05) is 0 Å². The first kappa shape index (κ1) is 15.3. The molecule has 21 heavy (non-hydrogen) atoms. The fraction of sp³-hybridized carbons (Fsp3) is 0.944. The summed E-state index contributed by atoms with van der Waals surface area (Å²) in [7, 11) is 0. The van der Waals surface area contributed by atoms with Crippen molar-refractivity contribution in [2.75, 3.05) is 0 Å². The van der Waals surface area contributed by atoms with Gasteiger partial charge in [-0.3, -0.25) is 4.79 Å². The zero-order valence-corrected chi connectivity index (χ0v) is 13.3. The van der Waals surface area contributed by atoms with Gasteiger partial charge in [-0.15, -0.1) is 0 Å². The van der Waals surface area contributed by atoms with E-state index in [2.05, 4.69) is 4.84 Å². The number of carbonyl (C=O) groups excluding carboxylic acids is 1.